The lowest BCUT2D eigenvalue weighted by Gasteiger charge is -2.15. The van der Waals surface area contributed by atoms with Crippen molar-refractivity contribution >= 4 is 0 Å². The minimum Gasteiger partial charge on any atom is -0.383 e. The highest BCUT2D eigenvalue weighted by atomic mass is 16.5. The Kier molecular flexibility index (Phi) is 6.98. The largest absolute Gasteiger partial charge is 0.383 e. The van der Waals surface area contributed by atoms with E-state index in [9.17, 15) is 0 Å². The van der Waals surface area contributed by atoms with E-state index in [0.717, 1.165) is 32.2 Å². The van der Waals surface area contributed by atoms with Gasteiger partial charge in [-0.15, -0.1) is 0 Å². The minimum absolute atomic E-state index is 0.548. The summed E-state index contributed by atoms with van der Waals surface area (Å²) in [7, 11) is 1.74. The van der Waals surface area contributed by atoms with Crippen LogP contribution in [0.4, 0.5) is 0 Å². The number of hydrogen-bond donors (Lipinski definition) is 1. The smallest absolute Gasteiger partial charge is 0.0587 e. The minimum atomic E-state index is 0.548. The van der Waals surface area contributed by atoms with E-state index in [1.807, 2.05) is 0 Å². The Bertz CT molecular complexity index is 147. The van der Waals surface area contributed by atoms with Crippen molar-refractivity contribution in [2.45, 2.75) is 38.7 Å². The molecule has 1 N–H and O–H groups in total. The van der Waals surface area contributed by atoms with E-state index < -0.39 is 0 Å². The maximum Gasteiger partial charge on any atom is 0.0587 e. The second-order valence-electron chi connectivity index (χ2n) is 4.51. The van der Waals surface area contributed by atoms with Crippen LogP contribution in [0, 0.1) is 5.92 Å². The van der Waals surface area contributed by atoms with Crippen LogP contribution in [-0.4, -0.2) is 39.5 Å². The molecule has 2 unspecified atom stereocenters. The highest BCUT2D eigenvalue weighted by molar-refractivity contribution is 4.67. The average Bonchev–Trinajstić information content (AvgIpc) is 2.74. The summed E-state index contributed by atoms with van der Waals surface area (Å²) >= 11 is 0. The SMILES string of the molecule is COCCNCC(C)CCC1CCCO1. The van der Waals surface area contributed by atoms with E-state index in [0.29, 0.717) is 6.10 Å². The summed E-state index contributed by atoms with van der Waals surface area (Å²) in [4.78, 5) is 0. The van der Waals surface area contributed by atoms with Gasteiger partial charge >= 0.3 is 0 Å². The molecule has 0 aromatic rings. The molecular weight excluding hydrogens is 190 g/mol. The lowest BCUT2D eigenvalue weighted by atomic mass is 10.0. The first-order chi connectivity index (χ1) is 7.33. The fourth-order valence-electron chi connectivity index (χ4n) is 1.97. The van der Waals surface area contributed by atoms with Gasteiger partial charge in [0.25, 0.3) is 0 Å². The van der Waals surface area contributed by atoms with Crippen LogP contribution in [0.25, 0.3) is 0 Å². The lowest BCUT2D eigenvalue weighted by Crippen LogP contribution is -2.25. The number of nitrogens with one attached hydrogen (secondary N) is 1. The van der Waals surface area contributed by atoms with Crippen molar-refractivity contribution in [1.82, 2.24) is 5.32 Å². The zero-order chi connectivity index (χ0) is 10.9. The Labute approximate surface area is 93.5 Å². The van der Waals surface area contributed by atoms with Crippen LogP contribution < -0.4 is 5.32 Å². The first-order valence-corrected chi connectivity index (χ1v) is 6.14. The second kappa shape index (κ2) is 8.08. The standard InChI is InChI=1S/C12H25NO2/c1-11(10-13-7-9-14-2)5-6-12-4-3-8-15-12/h11-13H,3-10H2,1-2H3. The predicted molar refractivity (Wildman–Crippen MR) is 62.1 cm³/mol. The molecule has 0 bridgehead atoms. The molecule has 0 aromatic carbocycles. The number of rotatable bonds is 8. The fraction of sp³-hybridized carbons (Fsp3) is 1.00. The van der Waals surface area contributed by atoms with Crippen LogP contribution in [0.15, 0.2) is 0 Å². The van der Waals surface area contributed by atoms with Crippen LogP contribution in [-0.2, 0) is 9.47 Å². The lowest BCUT2D eigenvalue weighted by molar-refractivity contribution is 0.0985. The van der Waals surface area contributed by atoms with Crippen LogP contribution in [0.1, 0.15) is 32.6 Å². The van der Waals surface area contributed by atoms with Gasteiger partial charge in [0.1, 0.15) is 0 Å². The number of ether oxygens (including phenoxy) is 2. The molecule has 90 valence electrons. The highest BCUT2D eigenvalue weighted by Crippen LogP contribution is 2.19. The van der Waals surface area contributed by atoms with Crippen molar-refractivity contribution in [2.24, 2.45) is 5.92 Å². The van der Waals surface area contributed by atoms with Gasteiger partial charge in [0, 0.05) is 20.3 Å². The van der Waals surface area contributed by atoms with Gasteiger partial charge in [0.15, 0.2) is 0 Å². The van der Waals surface area contributed by atoms with Gasteiger partial charge in [-0.2, -0.15) is 0 Å². The molecule has 0 amide bonds. The molecular formula is C12H25NO2. The Balaban J connectivity index is 1.90. The maximum atomic E-state index is 5.61. The highest BCUT2D eigenvalue weighted by Gasteiger charge is 2.15. The van der Waals surface area contributed by atoms with Gasteiger partial charge in [0.05, 0.1) is 12.7 Å². The molecule has 3 heteroatoms. The third-order valence-electron chi connectivity index (χ3n) is 2.98. The van der Waals surface area contributed by atoms with Gasteiger partial charge < -0.3 is 14.8 Å². The first kappa shape index (κ1) is 12.9. The molecule has 1 heterocycles. The zero-order valence-corrected chi connectivity index (χ0v) is 10.1. The monoisotopic (exact) mass is 215 g/mol. The van der Waals surface area contributed by atoms with Gasteiger partial charge in [-0.3, -0.25) is 0 Å². The summed E-state index contributed by atoms with van der Waals surface area (Å²) in [5, 5.41) is 3.40. The van der Waals surface area contributed by atoms with E-state index in [2.05, 4.69) is 12.2 Å². The van der Waals surface area contributed by atoms with Gasteiger partial charge in [-0.05, 0) is 38.1 Å². The van der Waals surface area contributed by atoms with E-state index in [1.54, 1.807) is 7.11 Å². The normalized spacial score (nSPS) is 23.2. The number of hydrogen-bond acceptors (Lipinski definition) is 3. The summed E-state index contributed by atoms with van der Waals surface area (Å²) < 4.78 is 10.6. The Morgan fingerprint density at radius 3 is 3.07 bits per heavy atom. The molecule has 1 aliphatic heterocycles. The maximum absolute atomic E-state index is 5.61. The summed E-state index contributed by atoms with van der Waals surface area (Å²) in [6, 6.07) is 0. The molecule has 2 atom stereocenters. The molecule has 0 aliphatic carbocycles. The molecule has 15 heavy (non-hydrogen) atoms. The van der Waals surface area contributed by atoms with Crippen LogP contribution >= 0.6 is 0 Å². The fourth-order valence-corrected chi connectivity index (χ4v) is 1.97. The Hall–Kier alpha value is -0.120. The number of methoxy groups -OCH3 is 1. The topological polar surface area (TPSA) is 30.5 Å². The molecule has 1 rings (SSSR count). The van der Waals surface area contributed by atoms with Gasteiger partial charge in [-0.1, -0.05) is 6.92 Å². The third kappa shape index (κ3) is 6.13. The molecule has 0 radical (unpaired) electrons. The van der Waals surface area contributed by atoms with Crippen LogP contribution in [0.2, 0.25) is 0 Å². The van der Waals surface area contributed by atoms with Crippen LogP contribution in [0.3, 0.4) is 0 Å². The van der Waals surface area contributed by atoms with Crippen molar-refractivity contribution in [2.75, 3.05) is 33.4 Å². The molecule has 3 nitrogen and oxygen atoms in total. The zero-order valence-electron chi connectivity index (χ0n) is 10.1. The van der Waals surface area contributed by atoms with Crippen molar-refractivity contribution in [1.29, 1.82) is 0 Å². The van der Waals surface area contributed by atoms with Crippen molar-refractivity contribution in [3.05, 3.63) is 0 Å². The second-order valence-corrected chi connectivity index (χ2v) is 4.51. The summed E-state index contributed by atoms with van der Waals surface area (Å²) in [6.45, 7) is 6.13. The molecule has 0 aromatic heterocycles. The van der Waals surface area contributed by atoms with Gasteiger partial charge in [0.2, 0.25) is 0 Å². The summed E-state index contributed by atoms with van der Waals surface area (Å²) in [5.74, 6) is 0.742. The molecule has 0 saturated carbocycles. The first-order valence-electron chi connectivity index (χ1n) is 6.14. The third-order valence-corrected chi connectivity index (χ3v) is 2.98. The van der Waals surface area contributed by atoms with Crippen molar-refractivity contribution < 1.29 is 9.47 Å². The van der Waals surface area contributed by atoms with Crippen LogP contribution in [0.5, 0.6) is 0 Å². The van der Waals surface area contributed by atoms with E-state index in [-0.39, 0.29) is 0 Å². The average molecular weight is 215 g/mol. The molecule has 1 aliphatic rings. The molecule has 0 spiro atoms. The quantitative estimate of drug-likeness (QED) is 0.626. The predicted octanol–water partition coefficient (Wildman–Crippen LogP) is 1.82. The van der Waals surface area contributed by atoms with E-state index in [1.165, 1.54) is 25.7 Å². The Morgan fingerprint density at radius 2 is 2.40 bits per heavy atom. The van der Waals surface area contributed by atoms with Crippen molar-refractivity contribution in [3.63, 3.8) is 0 Å². The van der Waals surface area contributed by atoms with Gasteiger partial charge in [-0.25, -0.2) is 0 Å². The van der Waals surface area contributed by atoms with Crippen molar-refractivity contribution in [3.8, 4) is 0 Å². The molecule has 1 saturated heterocycles. The molecule has 1 fully saturated rings. The summed E-state index contributed by atoms with van der Waals surface area (Å²) in [5.41, 5.74) is 0. The van der Waals surface area contributed by atoms with E-state index in [4.69, 9.17) is 9.47 Å². The summed E-state index contributed by atoms with van der Waals surface area (Å²) in [6.07, 6.45) is 5.57. The Morgan fingerprint density at radius 1 is 1.53 bits per heavy atom. The van der Waals surface area contributed by atoms with E-state index >= 15 is 0 Å².